The van der Waals surface area contributed by atoms with Crippen LogP contribution in [0.25, 0.3) is 0 Å². The number of nitrogens with zero attached hydrogens (tertiary/aromatic N) is 2. The Labute approximate surface area is 157 Å². The minimum absolute atomic E-state index is 0.208. The molecule has 0 spiro atoms. The van der Waals surface area contributed by atoms with E-state index in [-0.39, 0.29) is 5.56 Å². The van der Waals surface area contributed by atoms with Gasteiger partial charge in [0.1, 0.15) is 5.69 Å². The lowest BCUT2D eigenvalue weighted by atomic mass is 10.1. The van der Waals surface area contributed by atoms with Crippen LogP contribution < -0.4 is 10.9 Å². The fraction of sp³-hybridized carbons (Fsp3) is 0.190. The summed E-state index contributed by atoms with van der Waals surface area (Å²) in [5.41, 5.74) is 4.01. The molecule has 3 aromatic rings. The Morgan fingerprint density at radius 3 is 2.48 bits per heavy atom. The van der Waals surface area contributed by atoms with Crippen LogP contribution >= 0.6 is 0 Å². The molecule has 1 N–H and O–H groups in total. The number of hydrogen-bond acceptors (Lipinski definition) is 5. The number of aryl methyl sites for hydroxylation is 2. The molecule has 0 aliphatic rings. The van der Waals surface area contributed by atoms with Crippen molar-refractivity contribution in [2.45, 2.75) is 20.4 Å². The molecule has 138 valence electrons. The standard InChI is InChI=1S/C21H21N3O3/c1-14-11-17(21(26)27-3)9-10-18(14)22-19-12-15(2)23-24(20(19)25)13-16-7-5-4-6-8-16/h4-12,22H,13H2,1-3H3. The number of carbonyl (C=O) groups excluding carboxylic acids is 1. The first-order valence-corrected chi connectivity index (χ1v) is 8.56. The summed E-state index contributed by atoms with van der Waals surface area (Å²) < 4.78 is 6.19. The topological polar surface area (TPSA) is 73.2 Å². The molecule has 0 saturated carbocycles. The van der Waals surface area contributed by atoms with E-state index in [1.807, 2.05) is 44.2 Å². The van der Waals surface area contributed by atoms with Crippen LogP contribution in [0.2, 0.25) is 0 Å². The van der Waals surface area contributed by atoms with Gasteiger partial charge in [-0.25, -0.2) is 9.48 Å². The minimum Gasteiger partial charge on any atom is -0.465 e. The molecule has 0 radical (unpaired) electrons. The van der Waals surface area contributed by atoms with Gasteiger partial charge in [-0.15, -0.1) is 0 Å². The van der Waals surface area contributed by atoms with E-state index in [0.717, 1.165) is 22.5 Å². The zero-order valence-corrected chi connectivity index (χ0v) is 15.5. The molecule has 0 bridgehead atoms. The Bertz CT molecular complexity index is 1030. The van der Waals surface area contributed by atoms with E-state index in [2.05, 4.69) is 10.4 Å². The van der Waals surface area contributed by atoms with Crippen molar-refractivity contribution in [3.8, 4) is 0 Å². The fourth-order valence-electron chi connectivity index (χ4n) is 2.82. The smallest absolute Gasteiger partial charge is 0.337 e. The van der Waals surface area contributed by atoms with Crippen molar-refractivity contribution < 1.29 is 9.53 Å². The summed E-state index contributed by atoms with van der Waals surface area (Å²) in [4.78, 5) is 24.5. The van der Waals surface area contributed by atoms with Crippen molar-refractivity contribution in [3.05, 3.63) is 87.3 Å². The van der Waals surface area contributed by atoms with E-state index >= 15 is 0 Å². The lowest BCUT2D eigenvalue weighted by Crippen LogP contribution is -2.26. The van der Waals surface area contributed by atoms with Crippen LogP contribution in [0.3, 0.4) is 0 Å². The highest BCUT2D eigenvalue weighted by Crippen LogP contribution is 2.20. The fourth-order valence-corrected chi connectivity index (χ4v) is 2.82. The van der Waals surface area contributed by atoms with Gasteiger partial charge in [-0.1, -0.05) is 30.3 Å². The van der Waals surface area contributed by atoms with Crippen molar-refractivity contribution in [1.29, 1.82) is 0 Å². The lowest BCUT2D eigenvalue weighted by molar-refractivity contribution is 0.0600. The third kappa shape index (κ3) is 4.23. The first kappa shape index (κ1) is 18.4. The monoisotopic (exact) mass is 363 g/mol. The van der Waals surface area contributed by atoms with E-state index in [9.17, 15) is 9.59 Å². The number of anilines is 2. The molecule has 1 heterocycles. The second kappa shape index (κ2) is 7.86. The van der Waals surface area contributed by atoms with Crippen molar-refractivity contribution >= 4 is 17.3 Å². The molecule has 0 fully saturated rings. The average molecular weight is 363 g/mol. The summed E-state index contributed by atoms with van der Waals surface area (Å²) in [5.74, 6) is -0.394. The number of benzene rings is 2. The second-order valence-electron chi connectivity index (χ2n) is 6.29. The molecule has 6 nitrogen and oxygen atoms in total. The highest BCUT2D eigenvalue weighted by Gasteiger charge is 2.11. The number of methoxy groups -OCH3 is 1. The summed E-state index contributed by atoms with van der Waals surface area (Å²) in [6.07, 6.45) is 0. The molecule has 0 amide bonds. The summed E-state index contributed by atoms with van der Waals surface area (Å²) in [6.45, 7) is 4.11. The van der Waals surface area contributed by atoms with Gasteiger partial charge in [0.15, 0.2) is 0 Å². The Balaban J connectivity index is 1.91. The van der Waals surface area contributed by atoms with Gasteiger partial charge in [0, 0.05) is 5.69 Å². The van der Waals surface area contributed by atoms with E-state index in [0.29, 0.717) is 17.8 Å². The van der Waals surface area contributed by atoms with Crippen LogP contribution in [0.5, 0.6) is 0 Å². The van der Waals surface area contributed by atoms with E-state index in [1.54, 1.807) is 24.3 Å². The summed E-state index contributed by atoms with van der Waals surface area (Å²) in [6, 6.07) is 16.6. The molecule has 6 heteroatoms. The first-order valence-electron chi connectivity index (χ1n) is 8.56. The molecule has 1 aromatic heterocycles. The van der Waals surface area contributed by atoms with Gasteiger partial charge in [-0.2, -0.15) is 5.10 Å². The Morgan fingerprint density at radius 2 is 1.81 bits per heavy atom. The predicted molar refractivity (Wildman–Crippen MR) is 105 cm³/mol. The van der Waals surface area contributed by atoms with Crippen molar-refractivity contribution in [2.75, 3.05) is 12.4 Å². The number of esters is 1. The molecule has 0 saturated heterocycles. The van der Waals surface area contributed by atoms with Gasteiger partial charge in [0.05, 0.1) is 24.9 Å². The molecule has 3 rings (SSSR count). The normalized spacial score (nSPS) is 10.5. The zero-order valence-electron chi connectivity index (χ0n) is 15.5. The molecular formula is C21H21N3O3. The SMILES string of the molecule is COC(=O)c1ccc(Nc2cc(C)nn(Cc3ccccc3)c2=O)c(C)c1. The summed E-state index contributed by atoms with van der Waals surface area (Å²) in [5, 5.41) is 7.51. The first-order chi connectivity index (χ1) is 13.0. The summed E-state index contributed by atoms with van der Waals surface area (Å²) in [7, 11) is 1.35. The highest BCUT2D eigenvalue weighted by molar-refractivity contribution is 5.90. The molecule has 0 unspecified atom stereocenters. The molecule has 0 aliphatic heterocycles. The molecular weight excluding hydrogens is 342 g/mol. The Morgan fingerprint density at radius 1 is 1.07 bits per heavy atom. The third-order valence-corrected chi connectivity index (χ3v) is 4.19. The van der Waals surface area contributed by atoms with Crippen LogP contribution in [0, 0.1) is 13.8 Å². The average Bonchev–Trinajstić information content (AvgIpc) is 2.67. The maximum atomic E-state index is 12.8. The van der Waals surface area contributed by atoms with E-state index < -0.39 is 5.97 Å². The number of nitrogens with one attached hydrogen (secondary N) is 1. The van der Waals surface area contributed by atoms with Crippen LogP contribution in [0.15, 0.2) is 59.4 Å². The van der Waals surface area contributed by atoms with Gasteiger partial charge >= 0.3 is 5.97 Å². The molecule has 2 aromatic carbocycles. The van der Waals surface area contributed by atoms with Crippen molar-refractivity contribution in [2.24, 2.45) is 0 Å². The second-order valence-corrected chi connectivity index (χ2v) is 6.29. The van der Waals surface area contributed by atoms with Crippen molar-refractivity contribution in [1.82, 2.24) is 9.78 Å². The van der Waals surface area contributed by atoms with Crippen LogP contribution in [-0.2, 0) is 11.3 Å². The van der Waals surface area contributed by atoms with Crippen LogP contribution in [0.1, 0.15) is 27.2 Å². The van der Waals surface area contributed by atoms with E-state index in [1.165, 1.54) is 11.8 Å². The van der Waals surface area contributed by atoms with Gasteiger partial charge < -0.3 is 10.1 Å². The Hall–Kier alpha value is -3.41. The van der Waals surface area contributed by atoms with Crippen LogP contribution in [-0.4, -0.2) is 22.9 Å². The largest absolute Gasteiger partial charge is 0.465 e. The highest BCUT2D eigenvalue weighted by atomic mass is 16.5. The van der Waals surface area contributed by atoms with Gasteiger partial charge in [0.2, 0.25) is 0 Å². The number of rotatable bonds is 5. The molecule has 0 aliphatic carbocycles. The maximum absolute atomic E-state index is 12.8. The van der Waals surface area contributed by atoms with E-state index in [4.69, 9.17) is 4.74 Å². The summed E-state index contributed by atoms with van der Waals surface area (Å²) >= 11 is 0. The molecule has 0 atom stereocenters. The maximum Gasteiger partial charge on any atom is 0.337 e. The number of carbonyl (C=O) groups is 1. The zero-order chi connectivity index (χ0) is 19.4. The van der Waals surface area contributed by atoms with Crippen molar-refractivity contribution in [3.63, 3.8) is 0 Å². The Kier molecular flexibility index (Phi) is 5.35. The number of ether oxygens (including phenoxy) is 1. The lowest BCUT2D eigenvalue weighted by Gasteiger charge is -2.13. The number of aromatic nitrogens is 2. The minimum atomic E-state index is -0.394. The number of hydrogen-bond donors (Lipinski definition) is 1. The van der Waals surface area contributed by atoms with Crippen LogP contribution in [0.4, 0.5) is 11.4 Å². The molecule has 27 heavy (non-hydrogen) atoms. The van der Waals surface area contributed by atoms with Gasteiger partial charge in [-0.05, 0) is 49.2 Å². The van der Waals surface area contributed by atoms with Gasteiger partial charge in [-0.3, -0.25) is 4.79 Å². The van der Waals surface area contributed by atoms with Gasteiger partial charge in [0.25, 0.3) is 5.56 Å². The quantitative estimate of drug-likeness (QED) is 0.703. The predicted octanol–water partition coefficient (Wildman–Crippen LogP) is 3.44. The third-order valence-electron chi connectivity index (χ3n) is 4.19.